The minimum absolute atomic E-state index is 0.104. The number of hydrogen-bond donors (Lipinski definition) is 0. The second-order valence-corrected chi connectivity index (χ2v) is 7.21. The summed E-state index contributed by atoms with van der Waals surface area (Å²) in [6.07, 6.45) is 7.22. The van der Waals surface area contributed by atoms with Crippen molar-refractivity contribution in [2.45, 2.75) is 31.8 Å². The van der Waals surface area contributed by atoms with Crippen LogP contribution in [0.15, 0.2) is 36.7 Å². The minimum Gasteiger partial charge on any atom is -0.497 e. The van der Waals surface area contributed by atoms with Crippen LogP contribution in [0.2, 0.25) is 0 Å². The van der Waals surface area contributed by atoms with E-state index in [0.717, 1.165) is 30.8 Å². The van der Waals surface area contributed by atoms with E-state index in [1.54, 1.807) is 13.3 Å². The van der Waals surface area contributed by atoms with E-state index >= 15 is 0 Å². The molecule has 2 aliphatic heterocycles. The van der Waals surface area contributed by atoms with Crippen LogP contribution in [-0.4, -0.2) is 64.8 Å². The van der Waals surface area contributed by atoms with Crippen molar-refractivity contribution in [3.8, 4) is 5.75 Å². The van der Waals surface area contributed by atoms with Gasteiger partial charge in [-0.25, -0.2) is 0 Å². The molecule has 0 N–H and O–H groups in total. The summed E-state index contributed by atoms with van der Waals surface area (Å²) < 4.78 is 7.00. The number of methoxy groups -OCH3 is 1. The lowest BCUT2D eigenvalue weighted by molar-refractivity contribution is 0.0780. The van der Waals surface area contributed by atoms with E-state index in [4.69, 9.17) is 4.74 Å². The van der Waals surface area contributed by atoms with Gasteiger partial charge in [-0.2, -0.15) is 5.10 Å². The summed E-state index contributed by atoms with van der Waals surface area (Å²) in [6.45, 7) is 4.72. The van der Waals surface area contributed by atoms with Crippen LogP contribution in [0.1, 0.15) is 35.2 Å². The molecular formula is C20H26N4O2. The number of hydrogen-bond acceptors (Lipinski definition) is 4. The third-order valence-electron chi connectivity index (χ3n) is 5.49. The molecule has 6 nitrogen and oxygen atoms in total. The Morgan fingerprint density at radius 1 is 1.19 bits per heavy atom. The number of aromatic nitrogens is 2. The zero-order chi connectivity index (χ0) is 17.9. The van der Waals surface area contributed by atoms with Crippen molar-refractivity contribution in [3.05, 3.63) is 47.8 Å². The molecule has 0 spiro atoms. The van der Waals surface area contributed by atoms with Gasteiger partial charge >= 0.3 is 0 Å². The molecule has 1 aromatic carbocycles. The second kappa shape index (κ2) is 7.50. The van der Waals surface area contributed by atoms with Gasteiger partial charge in [-0.3, -0.25) is 14.4 Å². The Kier molecular flexibility index (Phi) is 4.93. The number of carbonyl (C=O) groups is 1. The summed E-state index contributed by atoms with van der Waals surface area (Å²) in [6, 6.07) is 8.45. The van der Waals surface area contributed by atoms with E-state index in [9.17, 15) is 4.79 Å². The molecule has 4 rings (SSSR count). The highest BCUT2D eigenvalue weighted by Crippen LogP contribution is 2.22. The molecule has 2 fully saturated rings. The highest BCUT2D eigenvalue weighted by atomic mass is 16.5. The first-order chi connectivity index (χ1) is 12.7. The summed E-state index contributed by atoms with van der Waals surface area (Å²) in [7, 11) is 1.66. The molecule has 26 heavy (non-hydrogen) atoms. The van der Waals surface area contributed by atoms with Gasteiger partial charge in [0.05, 0.1) is 25.4 Å². The van der Waals surface area contributed by atoms with Crippen LogP contribution in [0.5, 0.6) is 5.75 Å². The molecule has 1 amide bonds. The second-order valence-electron chi connectivity index (χ2n) is 7.21. The maximum atomic E-state index is 12.8. The largest absolute Gasteiger partial charge is 0.497 e. The molecule has 2 aromatic rings. The minimum atomic E-state index is 0.104. The molecular weight excluding hydrogens is 328 g/mol. The normalized spacial score (nSPS) is 20.7. The van der Waals surface area contributed by atoms with Crippen molar-refractivity contribution < 1.29 is 9.53 Å². The Hall–Kier alpha value is -2.34. The van der Waals surface area contributed by atoms with Crippen molar-refractivity contribution in [2.75, 3.05) is 33.3 Å². The molecule has 138 valence electrons. The van der Waals surface area contributed by atoms with Crippen molar-refractivity contribution in [2.24, 2.45) is 0 Å². The molecule has 0 radical (unpaired) electrons. The molecule has 1 atom stereocenters. The van der Waals surface area contributed by atoms with E-state index in [0.29, 0.717) is 18.2 Å². The number of carbonyl (C=O) groups excluding carboxylic acids is 1. The molecule has 3 heterocycles. The highest BCUT2D eigenvalue weighted by Gasteiger charge is 2.32. The Balaban J connectivity index is 1.37. The number of benzene rings is 1. The fraction of sp³-hybridized carbons (Fsp3) is 0.500. The third-order valence-corrected chi connectivity index (χ3v) is 5.49. The van der Waals surface area contributed by atoms with Crippen molar-refractivity contribution in [1.29, 1.82) is 0 Å². The lowest BCUT2D eigenvalue weighted by Crippen LogP contribution is -2.37. The number of amides is 1. The number of rotatable bonds is 5. The van der Waals surface area contributed by atoms with E-state index in [-0.39, 0.29) is 5.91 Å². The van der Waals surface area contributed by atoms with Gasteiger partial charge < -0.3 is 9.64 Å². The van der Waals surface area contributed by atoms with Gasteiger partial charge in [-0.15, -0.1) is 0 Å². The number of nitrogens with zero attached hydrogens (tertiary/aromatic N) is 4. The zero-order valence-corrected chi connectivity index (χ0v) is 15.3. The monoisotopic (exact) mass is 354 g/mol. The Morgan fingerprint density at radius 3 is 2.69 bits per heavy atom. The Bertz CT molecular complexity index is 749. The van der Waals surface area contributed by atoms with Crippen molar-refractivity contribution >= 4 is 5.91 Å². The fourth-order valence-electron chi connectivity index (χ4n) is 3.99. The zero-order valence-electron chi connectivity index (χ0n) is 15.3. The van der Waals surface area contributed by atoms with Gasteiger partial charge in [0.25, 0.3) is 5.91 Å². The van der Waals surface area contributed by atoms with E-state index < -0.39 is 0 Å². The first-order valence-electron chi connectivity index (χ1n) is 9.41. The van der Waals surface area contributed by atoms with Crippen molar-refractivity contribution in [3.63, 3.8) is 0 Å². The summed E-state index contributed by atoms with van der Waals surface area (Å²) >= 11 is 0. The van der Waals surface area contributed by atoms with Crippen LogP contribution in [0.3, 0.4) is 0 Å². The van der Waals surface area contributed by atoms with E-state index in [2.05, 4.69) is 10.00 Å². The standard InChI is InChI=1S/C20H26N4O2/c1-26-19-6-4-16(5-7-19)13-24-14-17(12-21-24)20(25)23-11-8-18(15-23)22-9-2-3-10-22/h4-7,12,14,18H,2-3,8-11,13,15H2,1H3. The van der Waals surface area contributed by atoms with Gasteiger partial charge in [-0.05, 0) is 50.0 Å². The molecule has 0 aliphatic carbocycles. The summed E-state index contributed by atoms with van der Waals surface area (Å²) in [5, 5.41) is 4.37. The van der Waals surface area contributed by atoms with Gasteiger partial charge in [0.1, 0.15) is 5.75 Å². The van der Waals surface area contributed by atoms with Crippen molar-refractivity contribution in [1.82, 2.24) is 19.6 Å². The average molecular weight is 354 g/mol. The maximum Gasteiger partial charge on any atom is 0.257 e. The maximum absolute atomic E-state index is 12.8. The van der Waals surface area contributed by atoms with Crippen LogP contribution in [0, 0.1) is 0 Å². The SMILES string of the molecule is COc1ccc(Cn2cc(C(=O)N3CCC(N4CCCC4)C3)cn2)cc1. The predicted octanol–water partition coefficient (Wildman–Crippen LogP) is 2.25. The third kappa shape index (κ3) is 3.60. The van der Waals surface area contributed by atoms with Crippen LogP contribution in [0.25, 0.3) is 0 Å². The fourth-order valence-corrected chi connectivity index (χ4v) is 3.99. The summed E-state index contributed by atoms with van der Waals surface area (Å²) in [5.41, 5.74) is 1.81. The Labute approximate surface area is 154 Å². The Morgan fingerprint density at radius 2 is 1.96 bits per heavy atom. The topological polar surface area (TPSA) is 50.6 Å². The number of ether oxygens (including phenoxy) is 1. The van der Waals surface area contributed by atoms with E-state index in [1.807, 2.05) is 40.0 Å². The summed E-state index contributed by atoms with van der Waals surface area (Å²) in [4.78, 5) is 17.3. The first-order valence-corrected chi connectivity index (χ1v) is 9.41. The van der Waals surface area contributed by atoms with Crippen LogP contribution >= 0.6 is 0 Å². The smallest absolute Gasteiger partial charge is 0.257 e. The first kappa shape index (κ1) is 17.1. The van der Waals surface area contributed by atoms with Gasteiger partial charge in [0.2, 0.25) is 0 Å². The molecule has 6 heteroatoms. The van der Waals surface area contributed by atoms with Crippen LogP contribution < -0.4 is 4.74 Å². The quantitative estimate of drug-likeness (QED) is 0.826. The average Bonchev–Trinajstić information content (AvgIpc) is 3.42. The lowest BCUT2D eigenvalue weighted by atomic mass is 10.2. The van der Waals surface area contributed by atoms with E-state index in [1.165, 1.54) is 25.9 Å². The molecule has 1 unspecified atom stereocenters. The predicted molar refractivity (Wildman–Crippen MR) is 99.4 cm³/mol. The van der Waals surface area contributed by atoms with Crippen LogP contribution in [0.4, 0.5) is 0 Å². The number of likely N-dealkylation sites (tertiary alicyclic amines) is 2. The van der Waals surface area contributed by atoms with Gasteiger partial charge in [-0.1, -0.05) is 12.1 Å². The lowest BCUT2D eigenvalue weighted by Gasteiger charge is -2.23. The molecule has 2 aliphatic rings. The summed E-state index contributed by atoms with van der Waals surface area (Å²) in [5.74, 6) is 0.944. The molecule has 2 saturated heterocycles. The highest BCUT2D eigenvalue weighted by molar-refractivity contribution is 5.94. The molecule has 0 saturated carbocycles. The van der Waals surface area contributed by atoms with Gasteiger partial charge in [0, 0.05) is 25.3 Å². The molecule has 0 bridgehead atoms. The molecule has 1 aromatic heterocycles. The van der Waals surface area contributed by atoms with Crippen LogP contribution in [-0.2, 0) is 6.54 Å². The van der Waals surface area contributed by atoms with Gasteiger partial charge in [0.15, 0.2) is 0 Å².